The zero-order chi connectivity index (χ0) is 11.7. The summed E-state index contributed by atoms with van der Waals surface area (Å²) in [6.45, 7) is 0. The van der Waals surface area contributed by atoms with Crippen molar-refractivity contribution in [1.29, 1.82) is 0 Å². The lowest BCUT2D eigenvalue weighted by atomic mass is 10.1. The molecule has 0 heterocycles. The molecule has 0 radical (unpaired) electrons. The van der Waals surface area contributed by atoms with Crippen LogP contribution in [0.15, 0.2) is 36.4 Å². The van der Waals surface area contributed by atoms with E-state index in [-0.39, 0.29) is 5.82 Å². The number of hydrogen-bond acceptors (Lipinski definition) is 0. The average Bonchev–Trinajstić information content (AvgIpc) is 2.20. The standard InChI is InChI=1S/C12H6Cl2FI/c13-8-3-7(4-9(14)5-8)11-6-10(16)1-2-12(11)15/h1-6H. The van der Waals surface area contributed by atoms with Gasteiger partial charge < -0.3 is 0 Å². The van der Waals surface area contributed by atoms with Crippen molar-refractivity contribution in [3.63, 3.8) is 0 Å². The summed E-state index contributed by atoms with van der Waals surface area (Å²) >= 11 is 13.9. The second-order valence-corrected chi connectivity index (χ2v) is 5.40. The van der Waals surface area contributed by atoms with Crippen molar-refractivity contribution in [3.05, 3.63) is 55.8 Å². The highest BCUT2D eigenvalue weighted by molar-refractivity contribution is 14.1. The SMILES string of the molecule is Fc1ccc(I)cc1-c1cc(Cl)cc(Cl)c1. The van der Waals surface area contributed by atoms with Gasteiger partial charge in [0, 0.05) is 19.2 Å². The highest BCUT2D eigenvalue weighted by Gasteiger charge is 2.07. The Morgan fingerprint density at radius 1 is 0.938 bits per heavy atom. The van der Waals surface area contributed by atoms with Gasteiger partial charge in [0.15, 0.2) is 0 Å². The van der Waals surface area contributed by atoms with Crippen molar-refractivity contribution < 1.29 is 4.39 Å². The lowest BCUT2D eigenvalue weighted by Gasteiger charge is -2.05. The molecule has 2 aromatic rings. The summed E-state index contributed by atoms with van der Waals surface area (Å²) in [4.78, 5) is 0. The molecule has 0 amide bonds. The first-order valence-corrected chi connectivity index (χ1v) is 6.31. The van der Waals surface area contributed by atoms with Gasteiger partial charge in [-0.05, 0) is 64.6 Å². The van der Waals surface area contributed by atoms with Crippen molar-refractivity contribution in [3.8, 4) is 11.1 Å². The highest BCUT2D eigenvalue weighted by Crippen LogP contribution is 2.29. The Labute approximate surface area is 117 Å². The van der Waals surface area contributed by atoms with E-state index in [1.54, 1.807) is 30.3 Å². The highest BCUT2D eigenvalue weighted by atomic mass is 127. The van der Waals surface area contributed by atoms with Crippen LogP contribution in [-0.2, 0) is 0 Å². The summed E-state index contributed by atoms with van der Waals surface area (Å²) in [5, 5.41) is 1.00. The van der Waals surface area contributed by atoms with Crippen molar-refractivity contribution >= 4 is 45.8 Å². The molecule has 16 heavy (non-hydrogen) atoms. The summed E-state index contributed by atoms with van der Waals surface area (Å²) in [6.07, 6.45) is 0. The van der Waals surface area contributed by atoms with Crippen LogP contribution in [0, 0.1) is 9.39 Å². The summed E-state index contributed by atoms with van der Waals surface area (Å²) in [5.41, 5.74) is 1.20. The fourth-order valence-corrected chi connectivity index (χ4v) is 2.45. The Morgan fingerprint density at radius 3 is 2.19 bits per heavy atom. The Bertz CT molecular complexity index is 520. The van der Waals surface area contributed by atoms with E-state index in [1.165, 1.54) is 6.07 Å². The monoisotopic (exact) mass is 366 g/mol. The van der Waals surface area contributed by atoms with E-state index >= 15 is 0 Å². The van der Waals surface area contributed by atoms with E-state index in [0.29, 0.717) is 21.2 Å². The maximum absolute atomic E-state index is 13.6. The van der Waals surface area contributed by atoms with Gasteiger partial charge in [-0.2, -0.15) is 0 Å². The van der Waals surface area contributed by atoms with Crippen LogP contribution < -0.4 is 0 Å². The fourth-order valence-electron chi connectivity index (χ4n) is 1.43. The molecule has 4 heteroatoms. The first-order valence-electron chi connectivity index (χ1n) is 4.48. The molecule has 0 aliphatic rings. The predicted octanol–water partition coefficient (Wildman–Crippen LogP) is 5.40. The summed E-state index contributed by atoms with van der Waals surface area (Å²) in [5.74, 6) is -0.279. The molecule has 0 bridgehead atoms. The lowest BCUT2D eigenvalue weighted by molar-refractivity contribution is 0.631. The van der Waals surface area contributed by atoms with Gasteiger partial charge in [0.25, 0.3) is 0 Å². The third-order valence-corrected chi connectivity index (χ3v) is 3.21. The minimum Gasteiger partial charge on any atom is -0.206 e. The quantitative estimate of drug-likeness (QED) is 0.592. The van der Waals surface area contributed by atoms with E-state index in [1.807, 2.05) is 0 Å². The molecule has 2 aromatic carbocycles. The van der Waals surface area contributed by atoms with Crippen LogP contribution >= 0.6 is 45.8 Å². The maximum atomic E-state index is 13.6. The van der Waals surface area contributed by atoms with E-state index in [9.17, 15) is 4.39 Å². The first-order chi connectivity index (χ1) is 7.56. The predicted molar refractivity (Wildman–Crippen MR) is 74.6 cm³/mol. The van der Waals surface area contributed by atoms with Crippen LogP contribution in [0.3, 0.4) is 0 Å². The van der Waals surface area contributed by atoms with Crippen molar-refractivity contribution in [2.24, 2.45) is 0 Å². The van der Waals surface area contributed by atoms with Gasteiger partial charge in [0.05, 0.1) is 0 Å². The Kier molecular flexibility index (Phi) is 3.72. The van der Waals surface area contributed by atoms with Gasteiger partial charge in [0.2, 0.25) is 0 Å². The molecule has 0 fully saturated rings. The molecule has 0 aromatic heterocycles. The van der Waals surface area contributed by atoms with Gasteiger partial charge in [-0.15, -0.1) is 0 Å². The second kappa shape index (κ2) is 4.90. The molecule has 0 aliphatic carbocycles. The average molecular weight is 367 g/mol. The lowest BCUT2D eigenvalue weighted by Crippen LogP contribution is -1.86. The molecule has 2 rings (SSSR count). The van der Waals surface area contributed by atoms with Crippen LogP contribution in [0.1, 0.15) is 0 Å². The maximum Gasteiger partial charge on any atom is 0.131 e. The molecule has 0 N–H and O–H groups in total. The number of benzene rings is 2. The number of rotatable bonds is 1. The molecule has 0 saturated carbocycles. The Balaban J connectivity index is 2.62. The van der Waals surface area contributed by atoms with Gasteiger partial charge in [-0.25, -0.2) is 4.39 Å². The second-order valence-electron chi connectivity index (χ2n) is 3.28. The van der Waals surface area contributed by atoms with Crippen molar-refractivity contribution in [2.45, 2.75) is 0 Å². The Hall–Kier alpha value is -0.320. The zero-order valence-corrected chi connectivity index (χ0v) is 11.6. The summed E-state index contributed by atoms with van der Waals surface area (Å²) < 4.78 is 14.6. The molecule has 0 saturated heterocycles. The van der Waals surface area contributed by atoms with E-state index in [0.717, 1.165) is 3.57 Å². The van der Waals surface area contributed by atoms with E-state index in [4.69, 9.17) is 23.2 Å². The molecule has 0 aliphatic heterocycles. The van der Waals surface area contributed by atoms with Crippen LogP contribution in [-0.4, -0.2) is 0 Å². The first kappa shape index (κ1) is 12.1. The van der Waals surface area contributed by atoms with Crippen LogP contribution in [0.2, 0.25) is 10.0 Å². The third-order valence-electron chi connectivity index (χ3n) is 2.10. The largest absolute Gasteiger partial charge is 0.206 e. The number of hydrogen-bond donors (Lipinski definition) is 0. The topological polar surface area (TPSA) is 0 Å². The minimum atomic E-state index is -0.279. The van der Waals surface area contributed by atoms with Crippen LogP contribution in [0.5, 0.6) is 0 Å². The van der Waals surface area contributed by atoms with Gasteiger partial charge in [-0.1, -0.05) is 23.2 Å². The molecule has 0 atom stereocenters. The van der Waals surface area contributed by atoms with Crippen LogP contribution in [0.25, 0.3) is 11.1 Å². The number of halogens is 4. The van der Waals surface area contributed by atoms with Crippen molar-refractivity contribution in [2.75, 3.05) is 0 Å². The summed E-state index contributed by atoms with van der Waals surface area (Å²) in [6, 6.07) is 9.93. The van der Waals surface area contributed by atoms with E-state index < -0.39 is 0 Å². The van der Waals surface area contributed by atoms with Gasteiger partial charge >= 0.3 is 0 Å². The minimum absolute atomic E-state index is 0.279. The van der Waals surface area contributed by atoms with Crippen molar-refractivity contribution in [1.82, 2.24) is 0 Å². The molecular weight excluding hydrogens is 361 g/mol. The molecule has 82 valence electrons. The Morgan fingerprint density at radius 2 is 1.56 bits per heavy atom. The normalized spacial score (nSPS) is 10.5. The molecule has 0 nitrogen and oxygen atoms in total. The van der Waals surface area contributed by atoms with Gasteiger partial charge in [-0.3, -0.25) is 0 Å². The third kappa shape index (κ3) is 2.67. The smallest absolute Gasteiger partial charge is 0.131 e. The van der Waals surface area contributed by atoms with Gasteiger partial charge in [0.1, 0.15) is 5.82 Å². The summed E-state index contributed by atoms with van der Waals surface area (Å²) in [7, 11) is 0. The zero-order valence-electron chi connectivity index (χ0n) is 7.98. The fraction of sp³-hybridized carbons (Fsp3) is 0. The molecule has 0 spiro atoms. The molecule has 0 unspecified atom stereocenters. The van der Waals surface area contributed by atoms with E-state index in [2.05, 4.69) is 22.6 Å². The van der Waals surface area contributed by atoms with Crippen LogP contribution in [0.4, 0.5) is 4.39 Å². The molecular formula is C12H6Cl2FI.